The maximum absolute atomic E-state index is 13.0. The number of hydrogen-bond acceptors (Lipinski definition) is 4. The average Bonchev–Trinajstić information content (AvgIpc) is 2.74. The van der Waals surface area contributed by atoms with Crippen molar-refractivity contribution >= 4 is 11.8 Å². The zero-order valence-corrected chi connectivity index (χ0v) is 15.0. The van der Waals surface area contributed by atoms with E-state index >= 15 is 0 Å². The molecule has 3 aromatic rings. The van der Waals surface area contributed by atoms with Crippen LogP contribution in [0.2, 0.25) is 0 Å². The number of benzene rings is 3. The first-order valence-corrected chi connectivity index (χ1v) is 8.63. The van der Waals surface area contributed by atoms with Gasteiger partial charge in [-0.1, -0.05) is 72.8 Å². The summed E-state index contributed by atoms with van der Waals surface area (Å²) in [6.45, 7) is 0.119. The maximum Gasteiger partial charge on any atom is 0.321 e. The van der Waals surface area contributed by atoms with Gasteiger partial charge in [-0.15, -0.1) is 0 Å². The Morgan fingerprint density at radius 1 is 0.815 bits per heavy atom. The van der Waals surface area contributed by atoms with Gasteiger partial charge in [0.15, 0.2) is 5.78 Å². The molecule has 4 heteroatoms. The third-order valence-electron chi connectivity index (χ3n) is 4.23. The molecule has 0 aliphatic heterocycles. The minimum atomic E-state index is -1.03. The van der Waals surface area contributed by atoms with E-state index < -0.39 is 11.9 Å². The van der Waals surface area contributed by atoms with E-state index in [-0.39, 0.29) is 12.4 Å². The van der Waals surface area contributed by atoms with Crippen LogP contribution in [0.1, 0.15) is 27.4 Å². The summed E-state index contributed by atoms with van der Waals surface area (Å²) < 4.78 is 10.6. The number of esters is 1. The van der Waals surface area contributed by atoms with E-state index in [2.05, 4.69) is 0 Å². The summed E-state index contributed by atoms with van der Waals surface area (Å²) in [7, 11) is 1.57. The Morgan fingerprint density at radius 2 is 1.41 bits per heavy atom. The van der Waals surface area contributed by atoms with Gasteiger partial charge in [-0.3, -0.25) is 9.59 Å². The highest BCUT2D eigenvalue weighted by atomic mass is 16.5. The summed E-state index contributed by atoms with van der Waals surface area (Å²) in [5, 5.41) is 0. The summed E-state index contributed by atoms with van der Waals surface area (Å²) in [6.07, 6.45) is 0. The summed E-state index contributed by atoms with van der Waals surface area (Å²) >= 11 is 0. The van der Waals surface area contributed by atoms with Gasteiger partial charge in [0.05, 0.1) is 7.11 Å². The van der Waals surface area contributed by atoms with Crippen LogP contribution in [0.4, 0.5) is 0 Å². The molecule has 0 amide bonds. The lowest BCUT2D eigenvalue weighted by Crippen LogP contribution is -2.24. The second-order valence-corrected chi connectivity index (χ2v) is 6.03. The van der Waals surface area contributed by atoms with Crippen molar-refractivity contribution in [2.24, 2.45) is 0 Å². The van der Waals surface area contributed by atoms with Crippen molar-refractivity contribution in [3.05, 3.63) is 102 Å². The number of methoxy groups -OCH3 is 1. The van der Waals surface area contributed by atoms with Crippen molar-refractivity contribution in [3.63, 3.8) is 0 Å². The molecule has 0 bridgehead atoms. The normalized spacial score (nSPS) is 11.4. The molecular weight excluding hydrogens is 340 g/mol. The van der Waals surface area contributed by atoms with Gasteiger partial charge in [-0.2, -0.15) is 0 Å². The van der Waals surface area contributed by atoms with Gasteiger partial charge in [-0.05, 0) is 23.3 Å². The van der Waals surface area contributed by atoms with Crippen molar-refractivity contribution in [2.75, 3.05) is 7.11 Å². The zero-order chi connectivity index (χ0) is 19.1. The first kappa shape index (κ1) is 18.4. The van der Waals surface area contributed by atoms with Crippen LogP contribution < -0.4 is 4.74 Å². The molecule has 136 valence electrons. The lowest BCUT2D eigenvalue weighted by atomic mass is 9.90. The van der Waals surface area contributed by atoms with Crippen molar-refractivity contribution in [1.82, 2.24) is 0 Å². The molecule has 0 N–H and O–H groups in total. The molecule has 3 rings (SSSR count). The Morgan fingerprint density at radius 3 is 2.00 bits per heavy atom. The lowest BCUT2D eigenvalue weighted by Gasteiger charge is -2.16. The van der Waals surface area contributed by atoms with Gasteiger partial charge < -0.3 is 9.47 Å². The quantitative estimate of drug-likeness (QED) is 0.356. The Kier molecular flexibility index (Phi) is 6.00. The Labute approximate surface area is 158 Å². The van der Waals surface area contributed by atoms with Crippen molar-refractivity contribution < 1.29 is 19.1 Å². The van der Waals surface area contributed by atoms with Crippen molar-refractivity contribution in [1.29, 1.82) is 0 Å². The topological polar surface area (TPSA) is 52.6 Å². The fraction of sp³-hybridized carbons (Fsp3) is 0.130. The van der Waals surface area contributed by atoms with Crippen molar-refractivity contribution in [2.45, 2.75) is 12.5 Å². The smallest absolute Gasteiger partial charge is 0.321 e. The van der Waals surface area contributed by atoms with Gasteiger partial charge in [0, 0.05) is 5.56 Å². The second kappa shape index (κ2) is 8.81. The molecule has 1 atom stereocenters. The highest BCUT2D eigenvalue weighted by Gasteiger charge is 2.31. The molecule has 0 aromatic heterocycles. The minimum absolute atomic E-state index is 0.119. The number of Topliss-reactive ketones (excluding diaryl/α,β-unsaturated/α-hetero) is 1. The highest BCUT2D eigenvalue weighted by Crippen LogP contribution is 2.25. The molecule has 0 heterocycles. The van der Waals surface area contributed by atoms with E-state index in [1.165, 1.54) is 0 Å². The van der Waals surface area contributed by atoms with Gasteiger partial charge in [0.2, 0.25) is 0 Å². The third kappa shape index (κ3) is 4.61. The van der Waals surface area contributed by atoms with Crippen LogP contribution in [0, 0.1) is 0 Å². The number of carbonyl (C=O) groups excluding carboxylic acids is 2. The van der Waals surface area contributed by atoms with Gasteiger partial charge in [0.1, 0.15) is 18.3 Å². The third-order valence-corrected chi connectivity index (χ3v) is 4.23. The van der Waals surface area contributed by atoms with E-state index in [0.29, 0.717) is 16.9 Å². The molecule has 0 radical (unpaired) electrons. The molecule has 0 aliphatic carbocycles. The van der Waals surface area contributed by atoms with Crippen LogP contribution in [0.5, 0.6) is 5.75 Å². The number of carbonyl (C=O) groups is 2. The minimum Gasteiger partial charge on any atom is -0.497 e. The molecule has 3 aromatic carbocycles. The number of hydrogen-bond donors (Lipinski definition) is 0. The monoisotopic (exact) mass is 360 g/mol. The lowest BCUT2D eigenvalue weighted by molar-refractivity contribution is -0.145. The summed E-state index contributed by atoms with van der Waals surface area (Å²) in [6, 6.07) is 25.0. The first-order valence-electron chi connectivity index (χ1n) is 8.63. The SMILES string of the molecule is COc1ccc(C(C(=O)OCc2ccccc2)C(=O)c2ccccc2)cc1. The number of rotatable bonds is 7. The van der Waals surface area contributed by atoms with Crippen LogP contribution in [0.25, 0.3) is 0 Å². The number of ketones is 1. The summed E-state index contributed by atoms with van der Waals surface area (Å²) in [5.74, 6) is -1.24. The predicted octanol–water partition coefficient (Wildman–Crippen LogP) is 4.41. The largest absolute Gasteiger partial charge is 0.497 e. The fourth-order valence-electron chi connectivity index (χ4n) is 2.77. The molecule has 4 nitrogen and oxygen atoms in total. The predicted molar refractivity (Wildman–Crippen MR) is 103 cm³/mol. The molecule has 27 heavy (non-hydrogen) atoms. The molecule has 1 unspecified atom stereocenters. The highest BCUT2D eigenvalue weighted by molar-refractivity contribution is 6.12. The molecular formula is C23H20O4. The second-order valence-electron chi connectivity index (χ2n) is 6.03. The van der Waals surface area contributed by atoms with Gasteiger partial charge >= 0.3 is 5.97 Å². The summed E-state index contributed by atoms with van der Waals surface area (Å²) in [5.41, 5.74) is 1.91. The van der Waals surface area contributed by atoms with Gasteiger partial charge in [-0.25, -0.2) is 0 Å². The Balaban J connectivity index is 1.86. The molecule has 0 saturated heterocycles. The van der Waals surface area contributed by atoms with E-state index in [4.69, 9.17) is 9.47 Å². The fourth-order valence-corrected chi connectivity index (χ4v) is 2.77. The van der Waals surface area contributed by atoms with E-state index in [9.17, 15) is 9.59 Å². The number of ether oxygens (including phenoxy) is 2. The van der Waals surface area contributed by atoms with Crippen LogP contribution in [-0.2, 0) is 16.1 Å². The molecule has 0 saturated carbocycles. The first-order chi connectivity index (χ1) is 13.2. The van der Waals surface area contributed by atoms with Gasteiger partial charge in [0.25, 0.3) is 0 Å². The molecule has 0 fully saturated rings. The Bertz CT molecular complexity index is 887. The van der Waals surface area contributed by atoms with E-state index in [1.807, 2.05) is 36.4 Å². The molecule has 0 spiro atoms. The standard InChI is InChI=1S/C23H20O4/c1-26-20-14-12-18(13-15-20)21(22(24)19-10-6-3-7-11-19)23(25)27-16-17-8-4-2-5-9-17/h2-15,21H,16H2,1H3. The Hall–Kier alpha value is -3.40. The van der Waals surface area contributed by atoms with E-state index in [1.54, 1.807) is 55.6 Å². The summed E-state index contributed by atoms with van der Waals surface area (Å²) in [4.78, 5) is 25.8. The molecule has 0 aliphatic rings. The average molecular weight is 360 g/mol. The van der Waals surface area contributed by atoms with Crippen LogP contribution in [-0.4, -0.2) is 18.9 Å². The van der Waals surface area contributed by atoms with Crippen LogP contribution >= 0.6 is 0 Å². The maximum atomic E-state index is 13.0. The van der Waals surface area contributed by atoms with E-state index in [0.717, 1.165) is 5.56 Å². The van der Waals surface area contributed by atoms with Crippen LogP contribution in [0.3, 0.4) is 0 Å². The zero-order valence-electron chi connectivity index (χ0n) is 15.0. The van der Waals surface area contributed by atoms with Crippen LogP contribution in [0.15, 0.2) is 84.9 Å². The van der Waals surface area contributed by atoms with Crippen molar-refractivity contribution in [3.8, 4) is 5.75 Å².